The summed E-state index contributed by atoms with van der Waals surface area (Å²) in [6, 6.07) is 12.7. The second-order valence-electron chi connectivity index (χ2n) is 4.66. The number of aromatic nitrogens is 1. The Morgan fingerprint density at radius 1 is 1.24 bits per heavy atom. The Labute approximate surface area is 126 Å². The van der Waals surface area contributed by atoms with Crippen molar-refractivity contribution >= 4 is 32.4 Å². The first-order valence-electron chi connectivity index (χ1n) is 6.66. The van der Waals surface area contributed by atoms with Crippen molar-refractivity contribution in [2.45, 2.75) is 6.42 Å². The van der Waals surface area contributed by atoms with E-state index in [-0.39, 0.29) is 5.82 Å². The molecule has 3 aromatic rings. The molecule has 3 rings (SSSR count). The molecule has 0 amide bonds. The van der Waals surface area contributed by atoms with Crippen LogP contribution in [0.4, 0.5) is 15.2 Å². The number of anilines is 2. The van der Waals surface area contributed by atoms with Gasteiger partial charge in [0.1, 0.15) is 5.82 Å². The molecule has 3 nitrogen and oxygen atoms in total. The third-order valence-electron chi connectivity index (χ3n) is 3.18. The molecule has 1 N–H and O–H groups in total. The van der Waals surface area contributed by atoms with Gasteiger partial charge in [-0.3, -0.25) is 0 Å². The van der Waals surface area contributed by atoms with Gasteiger partial charge in [-0.1, -0.05) is 29.5 Å². The van der Waals surface area contributed by atoms with Crippen LogP contribution in [0.1, 0.15) is 5.56 Å². The second kappa shape index (κ2) is 6.20. The van der Waals surface area contributed by atoms with Crippen molar-refractivity contribution in [3.63, 3.8) is 0 Å². The number of fused-ring (bicyclic) bond motifs is 1. The summed E-state index contributed by atoms with van der Waals surface area (Å²) >= 11 is 1.51. The quantitative estimate of drug-likeness (QED) is 0.760. The third kappa shape index (κ3) is 3.20. The highest BCUT2D eigenvalue weighted by Gasteiger charge is 2.07. The van der Waals surface area contributed by atoms with Gasteiger partial charge in [0.05, 0.1) is 16.8 Å². The van der Waals surface area contributed by atoms with E-state index in [9.17, 15) is 4.39 Å². The number of benzene rings is 2. The van der Waals surface area contributed by atoms with Gasteiger partial charge in [-0.05, 0) is 30.2 Å². The number of para-hydroxylation sites is 1. The van der Waals surface area contributed by atoms with Crippen molar-refractivity contribution in [1.82, 2.24) is 4.98 Å². The summed E-state index contributed by atoms with van der Waals surface area (Å²) in [6.07, 6.45) is 0.833. The number of nitrogens with one attached hydrogen (secondary N) is 1. The molecule has 0 saturated carbocycles. The zero-order valence-corrected chi connectivity index (χ0v) is 12.4. The van der Waals surface area contributed by atoms with Gasteiger partial charge in [-0.2, -0.15) is 0 Å². The fourth-order valence-corrected chi connectivity index (χ4v) is 3.00. The van der Waals surface area contributed by atoms with Crippen LogP contribution >= 0.6 is 11.3 Å². The van der Waals surface area contributed by atoms with E-state index in [1.807, 2.05) is 18.2 Å². The lowest BCUT2D eigenvalue weighted by Gasteiger charge is -2.09. The van der Waals surface area contributed by atoms with Crippen LogP contribution in [-0.4, -0.2) is 18.7 Å². The van der Waals surface area contributed by atoms with E-state index >= 15 is 0 Å². The zero-order valence-electron chi connectivity index (χ0n) is 11.6. The molecule has 0 atom stereocenters. The summed E-state index contributed by atoms with van der Waals surface area (Å²) in [5.41, 5.74) is 2.86. The summed E-state index contributed by atoms with van der Waals surface area (Å²) in [6.45, 7) is 0.670. The molecular formula is C16H15FN2OS. The first-order chi connectivity index (χ1) is 10.3. The number of nitrogens with zero attached hydrogens (tertiary/aromatic N) is 1. The van der Waals surface area contributed by atoms with E-state index in [1.165, 1.54) is 29.0 Å². The van der Waals surface area contributed by atoms with Crippen molar-refractivity contribution in [3.8, 4) is 0 Å². The van der Waals surface area contributed by atoms with E-state index in [0.29, 0.717) is 12.1 Å². The highest BCUT2D eigenvalue weighted by atomic mass is 32.1. The molecule has 5 heteroatoms. The Morgan fingerprint density at radius 2 is 2.10 bits per heavy atom. The number of rotatable bonds is 5. The molecular weight excluding hydrogens is 287 g/mol. The van der Waals surface area contributed by atoms with Crippen LogP contribution in [0.15, 0.2) is 42.5 Å². The van der Waals surface area contributed by atoms with Gasteiger partial charge < -0.3 is 10.1 Å². The van der Waals surface area contributed by atoms with Crippen LogP contribution in [0.3, 0.4) is 0 Å². The van der Waals surface area contributed by atoms with Crippen molar-refractivity contribution in [2.24, 2.45) is 0 Å². The highest BCUT2D eigenvalue weighted by molar-refractivity contribution is 7.22. The molecule has 0 aliphatic carbocycles. The van der Waals surface area contributed by atoms with Gasteiger partial charge >= 0.3 is 0 Å². The monoisotopic (exact) mass is 302 g/mol. The van der Waals surface area contributed by atoms with Crippen molar-refractivity contribution in [1.29, 1.82) is 0 Å². The van der Waals surface area contributed by atoms with Crippen LogP contribution in [0.2, 0.25) is 0 Å². The normalized spacial score (nSPS) is 11.0. The molecule has 21 heavy (non-hydrogen) atoms. The molecule has 0 fully saturated rings. The van der Waals surface area contributed by atoms with Crippen LogP contribution < -0.4 is 5.32 Å². The highest BCUT2D eigenvalue weighted by Crippen LogP contribution is 2.29. The van der Waals surface area contributed by atoms with Gasteiger partial charge in [0.2, 0.25) is 0 Å². The Balaban J connectivity index is 1.87. The van der Waals surface area contributed by atoms with E-state index in [2.05, 4.69) is 16.4 Å². The molecule has 0 saturated heterocycles. The van der Waals surface area contributed by atoms with Crippen molar-refractivity contribution < 1.29 is 9.13 Å². The van der Waals surface area contributed by atoms with E-state index < -0.39 is 0 Å². The summed E-state index contributed by atoms with van der Waals surface area (Å²) in [5.74, 6) is -0.264. The van der Waals surface area contributed by atoms with Crippen LogP contribution in [0, 0.1) is 5.82 Å². The summed E-state index contributed by atoms with van der Waals surface area (Å²) in [4.78, 5) is 4.43. The molecule has 0 spiro atoms. The van der Waals surface area contributed by atoms with Crippen molar-refractivity contribution in [3.05, 3.63) is 53.8 Å². The molecule has 0 radical (unpaired) electrons. The molecule has 0 aliphatic heterocycles. The van der Waals surface area contributed by atoms with Crippen LogP contribution in [0.25, 0.3) is 10.2 Å². The SMILES string of the molecule is COCCc1ccccc1Nc1nc2cc(F)ccc2s1. The Kier molecular flexibility index (Phi) is 4.13. The third-order valence-corrected chi connectivity index (χ3v) is 4.14. The van der Waals surface area contributed by atoms with Gasteiger partial charge in [0, 0.05) is 18.9 Å². The standard InChI is InChI=1S/C16H15FN2OS/c1-20-9-8-11-4-2-3-5-13(11)18-16-19-14-10-12(17)6-7-15(14)21-16/h2-7,10H,8-9H2,1H3,(H,18,19). The number of hydrogen-bond acceptors (Lipinski definition) is 4. The zero-order chi connectivity index (χ0) is 14.7. The van der Waals surface area contributed by atoms with Crippen LogP contribution in [-0.2, 0) is 11.2 Å². The van der Waals surface area contributed by atoms with Gasteiger partial charge in [-0.15, -0.1) is 0 Å². The average molecular weight is 302 g/mol. The number of thiazole rings is 1. The lowest BCUT2D eigenvalue weighted by Crippen LogP contribution is -1.99. The first kappa shape index (κ1) is 14.0. The Morgan fingerprint density at radius 3 is 2.95 bits per heavy atom. The number of halogens is 1. The minimum Gasteiger partial charge on any atom is -0.384 e. The minimum absolute atomic E-state index is 0.264. The molecule has 0 unspecified atom stereocenters. The summed E-state index contributed by atoms with van der Waals surface area (Å²) in [7, 11) is 1.69. The van der Waals surface area contributed by atoms with Gasteiger partial charge in [0.25, 0.3) is 0 Å². The van der Waals surface area contributed by atoms with E-state index in [1.54, 1.807) is 13.2 Å². The largest absolute Gasteiger partial charge is 0.384 e. The second-order valence-corrected chi connectivity index (χ2v) is 5.69. The smallest absolute Gasteiger partial charge is 0.188 e. The maximum atomic E-state index is 13.2. The predicted molar refractivity (Wildman–Crippen MR) is 84.9 cm³/mol. The minimum atomic E-state index is -0.264. The van der Waals surface area contributed by atoms with Gasteiger partial charge in [-0.25, -0.2) is 9.37 Å². The van der Waals surface area contributed by atoms with Crippen molar-refractivity contribution in [2.75, 3.05) is 19.0 Å². The summed E-state index contributed by atoms with van der Waals surface area (Å²) in [5, 5.41) is 4.08. The van der Waals surface area contributed by atoms with E-state index in [0.717, 1.165) is 21.9 Å². The topological polar surface area (TPSA) is 34.1 Å². The Bertz CT molecular complexity index is 757. The van der Waals surface area contributed by atoms with Gasteiger partial charge in [0.15, 0.2) is 5.13 Å². The first-order valence-corrected chi connectivity index (χ1v) is 7.48. The lowest BCUT2D eigenvalue weighted by atomic mass is 10.1. The Hall–Kier alpha value is -1.98. The summed E-state index contributed by atoms with van der Waals surface area (Å²) < 4.78 is 19.3. The van der Waals surface area contributed by atoms with E-state index in [4.69, 9.17) is 4.74 Å². The number of ether oxygens (including phenoxy) is 1. The lowest BCUT2D eigenvalue weighted by molar-refractivity contribution is 0.202. The molecule has 108 valence electrons. The van der Waals surface area contributed by atoms with Crippen LogP contribution in [0.5, 0.6) is 0 Å². The maximum absolute atomic E-state index is 13.2. The average Bonchev–Trinajstić information content (AvgIpc) is 2.87. The number of hydrogen-bond donors (Lipinski definition) is 1. The number of methoxy groups -OCH3 is 1. The fraction of sp³-hybridized carbons (Fsp3) is 0.188. The molecule has 2 aromatic carbocycles. The molecule has 0 bridgehead atoms. The molecule has 1 aromatic heterocycles. The maximum Gasteiger partial charge on any atom is 0.188 e. The fourth-order valence-electron chi connectivity index (χ4n) is 2.14. The molecule has 1 heterocycles. The molecule has 0 aliphatic rings. The predicted octanol–water partition coefficient (Wildman–Crippen LogP) is 4.37.